The van der Waals surface area contributed by atoms with E-state index in [0.29, 0.717) is 12.0 Å². The van der Waals surface area contributed by atoms with E-state index < -0.39 is 0 Å². The van der Waals surface area contributed by atoms with Gasteiger partial charge in [0.25, 0.3) is 0 Å². The number of nitrogens with zero attached hydrogens (tertiary/aromatic N) is 3. The molecular formula is C21H28N4O. The SMILES string of the molecule is O=C(NC[C@@H]1CCN(c2ccccc2)C1)N1CCC(n2cccc2)CC1. The van der Waals surface area contributed by atoms with Crippen molar-refractivity contribution in [2.45, 2.75) is 25.3 Å². The lowest BCUT2D eigenvalue weighted by Crippen LogP contribution is -2.46. The second-order valence-corrected chi connectivity index (χ2v) is 7.47. The van der Waals surface area contributed by atoms with E-state index in [9.17, 15) is 4.79 Å². The number of piperidine rings is 1. The maximum atomic E-state index is 12.5. The second kappa shape index (κ2) is 7.85. The zero-order valence-electron chi connectivity index (χ0n) is 15.3. The zero-order valence-corrected chi connectivity index (χ0v) is 15.3. The van der Waals surface area contributed by atoms with Gasteiger partial charge in [-0.2, -0.15) is 0 Å². The first-order valence-electron chi connectivity index (χ1n) is 9.75. The molecular weight excluding hydrogens is 324 g/mol. The van der Waals surface area contributed by atoms with Gasteiger partial charge in [-0.1, -0.05) is 18.2 Å². The number of para-hydroxylation sites is 1. The van der Waals surface area contributed by atoms with Gasteiger partial charge in [0.15, 0.2) is 0 Å². The van der Waals surface area contributed by atoms with Crippen molar-refractivity contribution in [2.75, 3.05) is 37.6 Å². The van der Waals surface area contributed by atoms with Crippen LogP contribution in [-0.4, -0.2) is 48.2 Å². The molecule has 5 nitrogen and oxygen atoms in total. The van der Waals surface area contributed by atoms with Crippen molar-refractivity contribution in [3.05, 3.63) is 54.9 Å². The van der Waals surface area contributed by atoms with Crippen molar-refractivity contribution >= 4 is 11.7 Å². The number of benzene rings is 1. The number of likely N-dealkylation sites (tertiary alicyclic amines) is 1. The number of amides is 2. The lowest BCUT2D eigenvalue weighted by molar-refractivity contribution is 0.170. The smallest absolute Gasteiger partial charge is 0.317 e. The summed E-state index contributed by atoms with van der Waals surface area (Å²) in [6.07, 6.45) is 7.46. The Hall–Kier alpha value is -2.43. The molecule has 1 N–H and O–H groups in total. The highest BCUT2D eigenvalue weighted by Gasteiger charge is 2.26. The summed E-state index contributed by atoms with van der Waals surface area (Å²) in [5.74, 6) is 0.538. The van der Waals surface area contributed by atoms with Crippen LogP contribution in [0, 0.1) is 5.92 Å². The van der Waals surface area contributed by atoms with Crippen molar-refractivity contribution in [1.29, 1.82) is 0 Å². The molecule has 0 bridgehead atoms. The Bertz CT molecular complexity index is 692. The molecule has 5 heteroatoms. The van der Waals surface area contributed by atoms with Gasteiger partial charge < -0.3 is 19.7 Å². The normalized spacial score (nSPS) is 21.2. The van der Waals surface area contributed by atoms with E-state index in [1.54, 1.807) is 0 Å². The number of aromatic nitrogens is 1. The second-order valence-electron chi connectivity index (χ2n) is 7.47. The van der Waals surface area contributed by atoms with Gasteiger partial charge in [-0.3, -0.25) is 0 Å². The summed E-state index contributed by atoms with van der Waals surface area (Å²) in [6.45, 7) is 4.57. The summed E-state index contributed by atoms with van der Waals surface area (Å²) in [4.78, 5) is 16.9. The zero-order chi connectivity index (χ0) is 17.8. The van der Waals surface area contributed by atoms with Crippen molar-refractivity contribution in [3.63, 3.8) is 0 Å². The van der Waals surface area contributed by atoms with E-state index in [-0.39, 0.29) is 6.03 Å². The third kappa shape index (κ3) is 3.87. The minimum Gasteiger partial charge on any atom is -0.371 e. The van der Waals surface area contributed by atoms with Crippen molar-refractivity contribution in [1.82, 2.24) is 14.8 Å². The van der Waals surface area contributed by atoms with Gasteiger partial charge in [-0.05, 0) is 49.4 Å². The fourth-order valence-electron chi connectivity index (χ4n) is 4.17. The van der Waals surface area contributed by atoms with E-state index in [2.05, 4.69) is 69.6 Å². The number of urea groups is 1. The minimum absolute atomic E-state index is 0.106. The number of hydrogen-bond acceptors (Lipinski definition) is 2. The van der Waals surface area contributed by atoms with E-state index >= 15 is 0 Å². The summed E-state index contributed by atoms with van der Waals surface area (Å²) < 4.78 is 2.27. The summed E-state index contributed by atoms with van der Waals surface area (Å²) in [5.41, 5.74) is 1.29. The quantitative estimate of drug-likeness (QED) is 0.917. The molecule has 2 saturated heterocycles. The highest BCUT2D eigenvalue weighted by molar-refractivity contribution is 5.74. The molecule has 1 aromatic carbocycles. The van der Waals surface area contributed by atoms with Gasteiger partial charge in [0.2, 0.25) is 0 Å². The molecule has 1 atom stereocenters. The summed E-state index contributed by atoms with van der Waals surface area (Å²) in [6, 6.07) is 15.3. The first-order chi connectivity index (χ1) is 12.8. The molecule has 0 radical (unpaired) electrons. The number of carbonyl (C=O) groups is 1. The maximum Gasteiger partial charge on any atom is 0.317 e. The number of anilines is 1. The fraction of sp³-hybridized carbons (Fsp3) is 0.476. The molecule has 4 rings (SSSR count). The fourth-order valence-corrected chi connectivity index (χ4v) is 4.17. The van der Waals surface area contributed by atoms with Gasteiger partial charge in [0.1, 0.15) is 0 Å². The monoisotopic (exact) mass is 352 g/mol. The molecule has 138 valence electrons. The first-order valence-corrected chi connectivity index (χ1v) is 9.75. The van der Waals surface area contributed by atoms with Crippen LogP contribution in [0.2, 0.25) is 0 Å². The minimum atomic E-state index is 0.106. The van der Waals surface area contributed by atoms with Gasteiger partial charge in [0.05, 0.1) is 0 Å². The Kier molecular flexibility index (Phi) is 5.14. The standard InChI is InChI=1S/C21H28N4O/c26-21(24-14-9-20(10-15-24)23-11-4-5-12-23)22-16-18-8-13-25(17-18)19-6-2-1-3-7-19/h1-7,11-12,18,20H,8-10,13-17H2,(H,22,26)/t18-/m0/s1. The Morgan fingerprint density at radius 3 is 2.42 bits per heavy atom. The molecule has 0 unspecified atom stereocenters. The predicted molar refractivity (Wildman–Crippen MR) is 104 cm³/mol. The van der Waals surface area contributed by atoms with Crippen LogP contribution < -0.4 is 10.2 Å². The Balaban J connectivity index is 1.20. The lowest BCUT2D eigenvalue weighted by Gasteiger charge is -2.33. The van der Waals surface area contributed by atoms with Crippen molar-refractivity contribution in [2.24, 2.45) is 5.92 Å². The average Bonchev–Trinajstić information content (AvgIpc) is 3.39. The topological polar surface area (TPSA) is 40.5 Å². The van der Waals surface area contributed by atoms with E-state index in [1.807, 2.05) is 4.90 Å². The largest absolute Gasteiger partial charge is 0.371 e. The van der Waals surface area contributed by atoms with E-state index in [1.165, 1.54) is 5.69 Å². The van der Waals surface area contributed by atoms with Gasteiger partial charge in [-0.25, -0.2) is 4.79 Å². The van der Waals surface area contributed by atoms with Crippen LogP contribution in [0.15, 0.2) is 54.9 Å². The molecule has 2 fully saturated rings. The van der Waals surface area contributed by atoms with Crippen LogP contribution in [-0.2, 0) is 0 Å². The maximum absolute atomic E-state index is 12.5. The molecule has 2 aromatic rings. The van der Waals surface area contributed by atoms with Gasteiger partial charge in [-0.15, -0.1) is 0 Å². The first kappa shape index (κ1) is 17.0. The van der Waals surface area contributed by atoms with Crippen molar-refractivity contribution in [3.8, 4) is 0 Å². The van der Waals surface area contributed by atoms with Gasteiger partial charge in [0, 0.05) is 56.8 Å². The average molecular weight is 352 g/mol. The lowest BCUT2D eigenvalue weighted by atomic mass is 10.1. The molecule has 2 aliphatic heterocycles. The Morgan fingerprint density at radius 2 is 1.69 bits per heavy atom. The number of carbonyl (C=O) groups excluding carboxylic acids is 1. The summed E-state index contributed by atoms with van der Waals surface area (Å²) in [5, 5.41) is 3.17. The van der Waals surface area contributed by atoms with Crippen LogP contribution >= 0.6 is 0 Å². The molecule has 26 heavy (non-hydrogen) atoms. The van der Waals surface area contributed by atoms with Crippen molar-refractivity contribution < 1.29 is 4.79 Å². The van der Waals surface area contributed by atoms with Crippen LogP contribution in [0.25, 0.3) is 0 Å². The van der Waals surface area contributed by atoms with E-state index in [4.69, 9.17) is 0 Å². The molecule has 2 aliphatic rings. The van der Waals surface area contributed by atoms with Crippen LogP contribution in [0.5, 0.6) is 0 Å². The van der Waals surface area contributed by atoms with Gasteiger partial charge >= 0.3 is 6.03 Å². The number of nitrogens with one attached hydrogen (secondary N) is 1. The number of hydrogen-bond donors (Lipinski definition) is 1. The Labute approximate surface area is 155 Å². The molecule has 3 heterocycles. The third-order valence-corrected chi connectivity index (χ3v) is 5.75. The van der Waals surface area contributed by atoms with Crippen LogP contribution in [0.1, 0.15) is 25.3 Å². The molecule has 2 amide bonds. The molecule has 1 aromatic heterocycles. The summed E-state index contributed by atoms with van der Waals surface area (Å²) in [7, 11) is 0. The van der Waals surface area contributed by atoms with Crippen LogP contribution in [0.4, 0.5) is 10.5 Å². The third-order valence-electron chi connectivity index (χ3n) is 5.75. The molecule has 0 aliphatic carbocycles. The van der Waals surface area contributed by atoms with E-state index in [0.717, 1.165) is 52.0 Å². The molecule has 0 spiro atoms. The molecule has 0 saturated carbocycles. The van der Waals surface area contributed by atoms with Crippen LogP contribution in [0.3, 0.4) is 0 Å². The summed E-state index contributed by atoms with van der Waals surface area (Å²) >= 11 is 0. The highest BCUT2D eigenvalue weighted by atomic mass is 16.2. The number of rotatable bonds is 4. The predicted octanol–water partition coefficient (Wildman–Crippen LogP) is 3.36. The highest BCUT2D eigenvalue weighted by Crippen LogP contribution is 2.24. The Morgan fingerprint density at radius 1 is 0.962 bits per heavy atom.